The Balaban J connectivity index is 1.36. The molecule has 43 heavy (non-hydrogen) atoms. The molecule has 3 aromatic heterocycles. The number of anilines is 1. The van der Waals surface area contributed by atoms with E-state index in [1.807, 2.05) is 46.0 Å². The van der Waals surface area contributed by atoms with Crippen molar-refractivity contribution in [1.29, 1.82) is 0 Å². The number of aryl methyl sites for hydroxylation is 1. The molecule has 0 saturated heterocycles. The Morgan fingerprint density at radius 2 is 1.77 bits per heavy atom. The van der Waals surface area contributed by atoms with E-state index in [9.17, 15) is 13.2 Å². The standard InChI is InChI=1S/C32H34N6O4S/c1-21-16-22(17-30(39)36-23-19-35-38(20-23)31(2,3)4)9-12-27(21)42-28-13-15-33-26-11-10-24(18-25(26)28)43(40,41)32(5,6)29-8-7-14-34-37-29/h7-16,18-20H,17H2,1-6H3,(H,36,39). The van der Waals surface area contributed by atoms with Gasteiger partial charge in [0.25, 0.3) is 0 Å². The van der Waals surface area contributed by atoms with Crippen LogP contribution in [0.4, 0.5) is 5.69 Å². The normalized spacial score (nSPS) is 12.3. The van der Waals surface area contributed by atoms with Crippen molar-refractivity contribution in [2.24, 2.45) is 0 Å². The van der Waals surface area contributed by atoms with Crippen LogP contribution in [0.3, 0.4) is 0 Å². The second-order valence-corrected chi connectivity index (χ2v) is 14.4. The molecule has 0 bridgehead atoms. The lowest BCUT2D eigenvalue weighted by atomic mass is 10.1. The summed E-state index contributed by atoms with van der Waals surface area (Å²) in [6.07, 6.45) is 6.75. The van der Waals surface area contributed by atoms with Crippen LogP contribution in [-0.2, 0) is 31.3 Å². The first kappa shape index (κ1) is 29.8. The Labute approximate surface area is 251 Å². The van der Waals surface area contributed by atoms with Gasteiger partial charge in [0.05, 0.1) is 40.0 Å². The number of amides is 1. The van der Waals surface area contributed by atoms with Gasteiger partial charge in [-0.25, -0.2) is 8.42 Å². The van der Waals surface area contributed by atoms with Gasteiger partial charge in [-0.05, 0) is 95.1 Å². The summed E-state index contributed by atoms with van der Waals surface area (Å²) in [5.74, 6) is 0.889. The number of ether oxygens (including phenoxy) is 1. The van der Waals surface area contributed by atoms with E-state index in [4.69, 9.17) is 4.74 Å². The number of pyridine rings is 1. The third-order valence-corrected chi connectivity index (χ3v) is 9.65. The van der Waals surface area contributed by atoms with E-state index in [1.165, 1.54) is 6.20 Å². The van der Waals surface area contributed by atoms with Gasteiger partial charge in [0.2, 0.25) is 5.91 Å². The number of benzene rings is 2. The van der Waals surface area contributed by atoms with Gasteiger partial charge in [-0.15, -0.1) is 0 Å². The van der Waals surface area contributed by atoms with E-state index in [0.29, 0.717) is 33.8 Å². The Hall–Kier alpha value is -4.64. The molecule has 5 rings (SSSR count). The van der Waals surface area contributed by atoms with Gasteiger partial charge in [0, 0.05) is 24.0 Å². The predicted molar refractivity (Wildman–Crippen MR) is 165 cm³/mol. The highest BCUT2D eigenvalue weighted by atomic mass is 32.2. The molecule has 0 aliphatic heterocycles. The largest absolute Gasteiger partial charge is 0.456 e. The summed E-state index contributed by atoms with van der Waals surface area (Å²) in [6.45, 7) is 11.2. The molecule has 0 fully saturated rings. The summed E-state index contributed by atoms with van der Waals surface area (Å²) in [4.78, 5) is 17.2. The van der Waals surface area contributed by atoms with Crippen LogP contribution in [0.25, 0.3) is 10.9 Å². The fourth-order valence-corrected chi connectivity index (χ4v) is 6.10. The van der Waals surface area contributed by atoms with Crippen molar-refractivity contribution >= 4 is 32.3 Å². The highest BCUT2D eigenvalue weighted by molar-refractivity contribution is 7.92. The minimum absolute atomic E-state index is 0.125. The number of carbonyl (C=O) groups is 1. The smallest absolute Gasteiger partial charge is 0.228 e. The highest BCUT2D eigenvalue weighted by Crippen LogP contribution is 2.37. The molecular weight excluding hydrogens is 564 g/mol. The lowest BCUT2D eigenvalue weighted by molar-refractivity contribution is -0.115. The molecule has 5 aromatic rings. The number of rotatable bonds is 8. The molecule has 0 spiro atoms. The SMILES string of the molecule is Cc1cc(CC(=O)Nc2cnn(C(C)(C)C)c2)ccc1Oc1ccnc2ccc(S(=O)(=O)C(C)(C)c3cccnn3)cc12. The monoisotopic (exact) mass is 598 g/mol. The molecule has 0 unspecified atom stereocenters. The molecule has 222 valence electrons. The summed E-state index contributed by atoms with van der Waals surface area (Å²) >= 11 is 0. The molecule has 0 aliphatic rings. The lowest BCUT2D eigenvalue weighted by Crippen LogP contribution is -2.30. The number of carbonyl (C=O) groups excluding carboxylic acids is 1. The zero-order chi connectivity index (χ0) is 31.0. The number of nitrogens with zero attached hydrogens (tertiary/aromatic N) is 5. The van der Waals surface area contributed by atoms with Crippen LogP contribution in [0, 0.1) is 6.92 Å². The zero-order valence-electron chi connectivity index (χ0n) is 25.0. The molecule has 11 heteroatoms. The van der Waals surface area contributed by atoms with Gasteiger partial charge in [0.1, 0.15) is 16.2 Å². The van der Waals surface area contributed by atoms with Gasteiger partial charge < -0.3 is 10.1 Å². The topological polar surface area (TPSA) is 129 Å². The quantitative estimate of drug-likeness (QED) is 0.231. The van der Waals surface area contributed by atoms with Gasteiger partial charge in [-0.1, -0.05) is 12.1 Å². The van der Waals surface area contributed by atoms with Crippen LogP contribution in [0.2, 0.25) is 0 Å². The molecule has 0 saturated carbocycles. The summed E-state index contributed by atoms with van der Waals surface area (Å²) in [5.41, 5.74) is 3.05. The van der Waals surface area contributed by atoms with Crippen molar-refractivity contribution < 1.29 is 17.9 Å². The molecule has 0 radical (unpaired) electrons. The minimum atomic E-state index is -3.86. The average molecular weight is 599 g/mol. The summed E-state index contributed by atoms with van der Waals surface area (Å²) in [6, 6.07) is 15.4. The van der Waals surface area contributed by atoms with E-state index < -0.39 is 14.6 Å². The van der Waals surface area contributed by atoms with Crippen molar-refractivity contribution in [1.82, 2.24) is 25.0 Å². The van der Waals surface area contributed by atoms with E-state index in [1.54, 1.807) is 73.4 Å². The third kappa shape index (κ3) is 6.12. The maximum Gasteiger partial charge on any atom is 0.228 e. The first-order valence-corrected chi connectivity index (χ1v) is 15.3. The third-order valence-electron chi connectivity index (χ3n) is 7.22. The second kappa shape index (κ2) is 11.2. The minimum Gasteiger partial charge on any atom is -0.456 e. The number of sulfone groups is 1. The lowest BCUT2D eigenvalue weighted by Gasteiger charge is -2.24. The van der Waals surface area contributed by atoms with Gasteiger partial charge in [-0.3, -0.25) is 14.5 Å². The average Bonchev–Trinajstić information content (AvgIpc) is 3.44. The van der Waals surface area contributed by atoms with Crippen LogP contribution in [0.5, 0.6) is 11.5 Å². The van der Waals surface area contributed by atoms with Crippen molar-refractivity contribution in [2.75, 3.05) is 5.32 Å². The molecular formula is C32H34N6O4S. The number of fused-ring (bicyclic) bond motifs is 1. The zero-order valence-corrected chi connectivity index (χ0v) is 25.8. The molecule has 1 amide bonds. The van der Waals surface area contributed by atoms with E-state index in [2.05, 4.69) is 25.6 Å². The molecule has 1 N–H and O–H groups in total. The molecule has 0 aliphatic carbocycles. The van der Waals surface area contributed by atoms with Crippen LogP contribution >= 0.6 is 0 Å². The molecule has 2 aromatic carbocycles. The van der Waals surface area contributed by atoms with E-state index in [0.717, 1.165) is 11.1 Å². The number of aromatic nitrogens is 5. The van der Waals surface area contributed by atoms with Gasteiger partial charge in [-0.2, -0.15) is 15.3 Å². The molecule has 3 heterocycles. The fraction of sp³-hybridized carbons (Fsp3) is 0.281. The van der Waals surface area contributed by atoms with Crippen LogP contribution < -0.4 is 10.1 Å². The fourth-order valence-electron chi connectivity index (χ4n) is 4.61. The van der Waals surface area contributed by atoms with Crippen LogP contribution in [0.15, 0.2) is 84.3 Å². The van der Waals surface area contributed by atoms with Gasteiger partial charge in [0.15, 0.2) is 9.84 Å². The first-order valence-electron chi connectivity index (χ1n) is 13.8. The summed E-state index contributed by atoms with van der Waals surface area (Å²) in [7, 11) is -3.86. The highest BCUT2D eigenvalue weighted by Gasteiger charge is 2.39. The Morgan fingerprint density at radius 1 is 0.977 bits per heavy atom. The molecule has 10 nitrogen and oxygen atoms in total. The Bertz CT molecular complexity index is 1910. The number of hydrogen-bond acceptors (Lipinski definition) is 8. The Morgan fingerprint density at radius 3 is 2.44 bits per heavy atom. The summed E-state index contributed by atoms with van der Waals surface area (Å²) < 4.78 is 34.3. The maximum atomic E-state index is 13.7. The van der Waals surface area contributed by atoms with E-state index in [-0.39, 0.29) is 22.8 Å². The second-order valence-electron chi connectivity index (χ2n) is 11.9. The van der Waals surface area contributed by atoms with E-state index >= 15 is 0 Å². The maximum absolute atomic E-state index is 13.7. The van der Waals surface area contributed by atoms with Crippen molar-refractivity contribution in [3.63, 3.8) is 0 Å². The predicted octanol–water partition coefficient (Wildman–Crippen LogP) is 5.97. The van der Waals surface area contributed by atoms with Crippen molar-refractivity contribution in [2.45, 2.75) is 63.1 Å². The summed E-state index contributed by atoms with van der Waals surface area (Å²) in [5, 5.41) is 15.7. The van der Waals surface area contributed by atoms with Gasteiger partial charge >= 0.3 is 0 Å². The van der Waals surface area contributed by atoms with Crippen LogP contribution in [0.1, 0.15) is 51.4 Å². The van der Waals surface area contributed by atoms with Crippen LogP contribution in [-0.4, -0.2) is 39.3 Å². The number of hydrogen-bond donors (Lipinski definition) is 1. The van der Waals surface area contributed by atoms with Crippen molar-refractivity contribution in [3.8, 4) is 11.5 Å². The number of nitrogens with one attached hydrogen (secondary N) is 1. The molecule has 0 atom stereocenters. The van der Waals surface area contributed by atoms with Crippen molar-refractivity contribution in [3.05, 3.63) is 96.2 Å². The first-order chi connectivity index (χ1) is 20.3. The Kier molecular flexibility index (Phi) is 7.78.